The summed E-state index contributed by atoms with van der Waals surface area (Å²) in [6.07, 6.45) is 1.03. The molecule has 0 amide bonds. The molecule has 0 aromatic heterocycles. The van der Waals surface area contributed by atoms with Crippen molar-refractivity contribution in [1.29, 1.82) is 0 Å². The molecule has 0 fully saturated rings. The Morgan fingerprint density at radius 3 is 3.00 bits per heavy atom. The first kappa shape index (κ1) is 11.3. The molecule has 0 atom stereocenters. The largest absolute Gasteiger partial charge is 0.507 e. The van der Waals surface area contributed by atoms with Crippen molar-refractivity contribution in [3.8, 4) is 11.5 Å². The third-order valence-electron chi connectivity index (χ3n) is 2.21. The highest BCUT2D eigenvalue weighted by Crippen LogP contribution is 2.33. The minimum absolute atomic E-state index is 0.165. The third kappa shape index (κ3) is 2.50. The van der Waals surface area contributed by atoms with E-state index in [2.05, 4.69) is 0 Å². The summed E-state index contributed by atoms with van der Waals surface area (Å²) in [4.78, 5) is 11.1. The maximum atomic E-state index is 11.1. The lowest BCUT2D eigenvalue weighted by molar-refractivity contribution is -0.137. The first-order chi connectivity index (χ1) is 8.20. The van der Waals surface area contributed by atoms with E-state index in [1.807, 2.05) is 0 Å². The van der Waals surface area contributed by atoms with Crippen LogP contribution in [0, 0.1) is 0 Å². The van der Waals surface area contributed by atoms with Gasteiger partial charge in [0.25, 0.3) is 0 Å². The highest BCUT2D eigenvalue weighted by molar-refractivity contribution is 5.89. The average Bonchev–Trinajstić information content (AvgIpc) is 2.75. The van der Waals surface area contributed by atoms with Crippen molar-refractivity contribution in [1.82, 2.24) is 0 Å². The summed E-state index contributed by atoms with van der Waals surface area (Å²) in [5, 5.41) is 9.71. The Morgan fingerprint density at radius 2 is 2.24 bits per heavy atom. The number of benzene rings is 1. The monoisotopic (exact) mass is 236 g/mol. The first-order valence-electron chi connectivity index (χ1n) is 5.18. The van der Waals surface area contributed by atoms with Crippen LogP contribution in [0.15, 0.2) is 24.3 Å². The molecule has 1 aliphatic rings. The molecular weight excluding hydrogens is 224 g/mol. The topological polar surface area (TPSA) is 65.0 Å². The molecule has 0 bridgehead atoms. The Morgan fingerprint density at radius 1 is 1.47 bits per heavy atom. The van der Waals surface area contributed by atoms with Crippen molar-refractivity contribution in [2.24, 2.45) is 0 Å². The van der Waals surface area contributed by atoms with Gasteiger partial charge in [-0.3, -0.25) is 0 Å². The van der Waals surface area contributed by atoms with E-state index in [0.717, 1.165) is 6.08 Å². The summed E-state index contributed by atoms with van der Waals surface area (Å²) in [5.74, 6) is 0.424. The van der Waals surface area contributed by atoms with Crippen molar-refractivity contribution >= 4 is 11.7 Å². The number of ether oxygens (including phenoxy) is 3. The van der Waals surface area contributed by atoms with Gasteiger partial charge in [0.1, 0.15) is 5.76 Å². The summed E-state index contributed by atoms with van der Waals surface area (Å²) >= 11 is 0. The normalized spacial score (nSPS) is 13.6. The molecule has 90 valence electrons. The number of fused-ring (bicyclic) bond motifs is 1. The zero-order valence-corrected chi connectivity index (χ0v) is 9.30. The molecule has 5 nitrogen and oxygen atoms in total. The molecule has 1 aromatic carbocycles. The minimum Gasteiger partial charge on any atom is -0.507 e. The van der Waals surface area contributed by atoms with Crippen LogP contribution in [0.3, 0.4) is 0 Å². The second-order valence-corrected chi connectivity index (χ2v) is 3.35. The fourth-order valence-corrected chi connectivity index (χ4v) is 1.43. The maximum absolute atomic E-state index is 11.1. The summed E-state index contributed by atoms with van der Waals surface area (Å²) in [6, 6.07) is 4.92. The highest BCUT2D eigenvalue weighted by atomic mass is 16.7. The van der Waals surface area contributed by atoms with Crippen LogP contribution in [0.25, 0.3) is 5.76 Å². The number of carbonyl (C=O) groups is 1. The van der Waals surface area contributed by atoms with Crippen molar-refractivity contribution in [2.45, 2.75) is 6.92 Å². The summed E-state index contributed by atoms with van der Waals surface area (Å²) < 4.78 is 15.0. The second kappa shape index (κ2) is 4.78. The molecule has 5 heteroatoms. The van der Waals surface area contributed by atoms with E-state index in [0.29, 0.717) is 17.1 Å². The number of aliphatic hydroxyl groups excluding tert-OH is 1. The number of esters is 1. The molecule has 2 rings (SSSR count). The van der Waals surface area contributed by atoms with E-state index in [-0.39, 0.29) is 19.2 Å². The Labute approximate surface area is 98.2 Å². The molecule has 0 saturated heterocycles. The maximum Gasteiger partial charge on any atom is 0.334 e. The van der Waals surface area contributed by atoms with Gasteiger partial charge < -0.3 is 19.3 Å². The lowest BCUT2D eigenvalue weighted by Gasteiger charge is -2.02. The van der Waals surface area contributed by atoms with E-state index in [1.165, 1.54) is 0 Å². The zero-order valence-electron chi connectivity index (χ0n) is 9.30. The Hall–Kier alpha value is -2.17. The van der Waals surface area contributed by atoms with Gasteiger partial charge in [-0.05, 0) is 25.1 Å². The Kier molecular flexibility index (Phi) is 3.18. The van der Waals surface area contributed by atoms with Crippen LogP contribution >= 0.6 is 0 Å². The SMILES string of the molecule is CCOC(=O)C=C(O)c1ccc2c(c1)OCO2. The molecular formula is C12H12O5. The van der Waals surface area contributed by atoms with Gasteiger partial charge in [-0.15, -0.1) is 0 Å². The van der Waals surface area contributed by atoms with Crippen LogP contribution in [0.4, 0.5) is 0 Å². The van der Waals surface area contributed by atoms with Crippen molar-refractivity contribution < 1.29 is 24.1 Å². The summed E-state index contributed by atoms with van der Waals surface area (Å²) in [6.45, 7) is 2.13. The number of rotatable bonds is 3. The fourth-order valence-electron chi connectivity index (χ4n) is 1.43. The van der Waals surface area contributed by atoms with Gasteiger partial charge >= 0.3 is 5.97 Å². The van der Waals surface area contributed by atoms with Gasteiger partial charge in [0, 0.05) is 5.56 Å². The number of carbonyl (C=O) groups excluding carboxylic acids is 1. The quantitative estimate of drug-likeness (QED) is 0.493. The van der Waals surface area contributed by atoms with Gasteiger partial charge in [-0.1, -0.05) is 0 Å². The third-order valence-corrected chi connectivity index (χ3v) is 2.21. The predicted octanol–water partition coefficient (Wildman–Crippen LogP) is 1.88. The molecule has 0 spiro atoms. The predicted molar refractivity (Wildman–Crippen MR) is 59.8 cm³/mol. The molecule has 1 heterocycles. The van der Waals surface area contributed by atoms with Gasteiger partial charge in [-0.2, -0.15) is 0 Å². The molecule has 0 saturated carbocycles. The number of hydrogen-bond donors (Lipinski definition) is 1. The smallest absolute Gasteiger partial charge is 0.334 e. The summed E-state index contributed by atoms with van der Waals surface area (Å²) in [7, 11) is 0. The van der Waals surface area contributed by atoms with Gasteiger partial charge in [0.05, 0.1) is 12.7 Å². The highest BCUT2D eigenvalue weighted by Gasteiger charge is 2.14. The lowest BCUT2D eigenvalue weighted by atomic mass is 10.1. The van der Waals surface area contributed by atoms with E-state index in [1.54, 1.807) is 25.1 Å². The van der Waals surface area contributed by atoms with Crippen molar-refractivity contribution in [3.63, 3.8) is 0 Å². The van der Waals surface area contributed by atoms with Gasteiger partial charge in [0.2, 0.25) is 6.79 Å². The van der Waals surface area contributed by atoms with Crippen molar-refractivity contribution in [2.75, 3.05) is 13.4 Å². The molecule has 0 aliphatic carbocycles. The second-order valence-electron chi connectivity index (χ2n) is 3.35. The molecule has 1 aromatic rings. The van der Waals surface area contributed by atoms with Gasteiger partial charge in [0.15, 0.2) is 11.5 Å². The standard InChI is InChI=1S/C12H12O5/c1-2-15-12(14)6-9(13)8-3-4-10-11(5-8)17-7-16-10/h3-6,13H,2,7H2,1H3. The molecule has 17 heavy (non-hydrogen) atoms. The van der Waals surface area contributed by atoms with Crippen LogP contribution in [-0.4, -0.2) is 24.5 Å². The van der Waals surface area contributed by atoms with E-state index >= 15 is 0 Å². The molecule has 1 N–H and O–H groups in total. The van der Waals surface area contributed by atoms with Crippen LogP contribution in [0.1, 0.15) is 12.5 Å². The Balaban J connectivity index is 2.19. The lowest BCUT2D eigenvalue weighted by Crippen LogP contribution is -2.00. The van der Waals surface area contributed by atoms with Crippen molar-refractivity contribution in [3.05, 3.63) is 29.8 Å². The summed E-state index contributed by atoms with van der Waals surface area (Å²) in [5.41, 5.74) is 0.474. The fraction of sp³-hybridized carbons (Fsp3) is 0.250. The molecule has 0 unspecified atom stereocenters. The van der Waals surface area contributed by atoms with Gasteiger partial charge in [-0.25, -0.2) is 4.79 Å². The van der Waals surface area contributed by atoms with Crippen LogP contribution in [0.5, 0.6) is 11.5 Å². The molecule has 0 radical (unpaired) electrons. The average molecular weight is 236 g/mol. The van der Waals surface area contributed by atoms with E-state index < -0.39 is 5.97 Å². The minimum atomic E-state index is -0.581. The number of hydrogen-bond acceptors (Lipinski definition) is 5. The van der Waals surface area contributed by atoms with Crippen LogP contribution < -0.4 is 9.47 Å². The Bertz CT molecular complexity index is 464. The first-order valence-corrected chi connectivity index (χ1v) is 5.18. The van der Waals surface area contributed by atoms with Crippen LogP contribution in [0.2, 0.25) is 0 Å². The van der Waals surface area contributed by atoms with E-state index in [4.69, 9.17) is 14.2 Å². The number of aliphatic hydroxyl groups is 1. The van der Waals surface area contributed by atoms with Crippen LogP contribution in [-0.2, 0) is 9.53 Å². The molecule has 1 aliphatic heterocycles. The zero-order chi connectivity index (χ0) is 12.3. The van der Waals surface area contributed by atoms with E-state index in [9.17, 15) is 9.90 Å².